The van der Waals surface area contributed by atoms with Crippen LogP contribution in [0.4, 0.5) is 9.80 Å². The van der Waals surface area contributed by atoms with E-state index in [0.29, 0.717) is 13.0 Å². The van der Waals surface area contributed by atoms with Crippen molar-refractivity contribution >= 4 is 42.6 Å². The molecule has 7 heteroatoms. The number of fused-ring (bicyclic) bond motifs is 2. The summed E-state index contributed by atoms with van der Waals surface area (Å²) >= 11 is 2.24. The average Bonchev–Trinajstić information content (AvgIpc) is 3.10. The van der Waals surface area contributed by atoms with Gasteiger partial charge in [-0.15, -0.1) is 0 Å². The second-order valence-electron chi connectivity index (χ2n) is 8.82. The number of aliphatic hydroxyl groups excluding tert-OH is 1. The highest BCUT2D eigenvalue weighted by Gasteiger charge is 2.66. The Morgan fingerprint density at radius 2 is 1.93 bits per heavy atom. The molecule has 160 valence electrons. The van der Waals surface area contributed by atoms with Crippen molar-refractivity contribution in [3.63, 3.8) is 0 Å². The van der Waals surface area contributed by atoms with Gasteiger partial charge in [-0.1, -0.05) is 37.3 Å². The van der Waals surface area contributed by atoms with Crippen molar-refractivity contribution in [3.8, 4) is 0 Å². The van der Waals surface area contributed by atoms with Crippen molar-refractivity contribution in [2.45, 2.75) is 50.2 Å². The van der Waals surface area contributed by atoms with Crippen LogP contribution in [-0.2, 0) is 21.7 Å². The molecule has 2 aromatic rings. The minimum atomic E-state index is -3.15. The van der Waals surface area contributed by atoms with Crippen molar-refractivity contribution in [1.29, 1.82) is 0 Å². The number of carbonyl (C=O) groups is 1. The molecule has 0 aromatic heterocycles. The van der Waals surface area contributed by atoms with Gasteiger partial charge in [0.15, 0.2) is 5.60 Å². The number of hydrogen-bond donors (Lipinski definition) is 1. The number of rotatable bonds is 5. The average molecular weight is 539 g/mol. The lowest BCUT2D eigenvalue weighted by Gasteiger charge is -2.31. The molecule has 2 aromatic carbocycles. The van der Waals surface area contributed by atoms with E-state index in [-0.39, 0.29) is 24.0 Å². The van der Waals surface area contributed by atoms with Crippen LogP contribution in [0, 0.1) is 9.49 Å². The Hall–Kier alpha value is -1.29. The molecule has 1 saturated heterocycles. The maximum Gasteiger partial charge on any atom is 0.264 e. The second-order valence-corrected chi connectivity index (χ2v) is 13.9. The summed E-state index contributed by atoms with van der Waals surface area (Å²) in [4.78, 5) is 15.7. The maximum atomic E-state index is 15.4. The first-order chi connectivity index (χ1) is 14.2. The molecular formula is C23H27FINO3Si. The second kappa shape index (κ2) is 8.00. The Morgan fingerprint density at radius 1 is 1.23 bits per heavy atom. The molecule has 0 aliphatic carbocycles. The van der Waals surface area contributed by atoms with E-state index in [1.807, 2.05) is 55.5 Å². The third kappa shape index (κ3) is 3.43. The summed E-state index contributed by atoms with van der Waals surface area (Å²) < 4.78 is 22.9. The van der Waals surface area contributed by atoms with Crippen molar-refractivity contribution in [2.24, 2.45) is 5.92 Å². The van der Waals surface area contributed by atoms with Gasteiger partial charge < -0.3 is 18.9 Å². The zero-order valence-electron chi connectivity index (χ0n) is 17.4. The topological polar surface area (TPSA) is 49.8 Å². The lowest BCUT2D eigenvalue weighted by molar-refractivity contribution is -0.146. The molecular weight excluding hydrogens is 512 g/mol. The van der Waals surface area contributed by atoms with Gasteiger partial charge in [0.2, 0.25) is 8.41 Å². The van der Waals surface area contributed by atoms with Gasteiger partial charge in [-0.05, 0) is 65.9 Å². The number of benzene rings is 2. The minimum Gasteiger partial charge on any atom is -0.396 e. The Morgan fingerprint density at radius 3 is 2.57 bits per heavy atom. The van der Waals surface area contributed by atoms with E-state index in [9.17, 15) is 9.90 Å². The van der Waals surface area contributed by atoms with E-state index < -0.39 is 20.1 Å². The summed E-state index contributed by atoms with van der Waals surface area (Å²) in [5, 5.41) is 9.60. The molecule has 4 atom stereocenters. The van der Waals surface area contributed by atoms with Crippen molar-refractivity contribution in [2.75, 3.05) is 11.5 Å². The number of carbonyl (C=O) groups excluding carboxylic acids is 1. The van der Waals surface area contributed by atoms with Crippen molar-refractivity contribution < 1.29 is 18.7 Å². The first kappa shape index (κ1) is 21.9. The van der Waals surface area contributed by atoms with Crippen molar-refractivity contribution in [1.82, 2.24) is 0 Å². The van der Waals surface area contributed by atoms with E-state index in [1.165, 1.54) is 0 Å². The van der Waals surface area contributed by atoms with Crippen LogP contribution in [0.25, 0.3) is 0 Å². The molecule has 0 radical (unpaired) electrons. The summed E-state index contributed by atoms with van der Waals surface area (Å²) in [6.45, 7) is 5.66. The van der Waals surface area contributed by atoms with E-state index in [2.05, 4.69) is 22.6 Å². The molecule has 2 aliphatic rings. The van der Waals surface area contributed by atoms with Crippen LogP contribution in [0.2, 0.25) is 18.6 Å². The summed E-state index contributed by atoms with van der Waals surface area (Å²) in [5.74, 6) is -0.439. The quantitative estimate of drug-likeness (QED) is 0.331. The minimum absolute atomic E-state index is 0.0877. The van der Waals surface area contributed by atoms with Gasteiger partial charge in [-0.2, -0.15) is 0 Å². The largest absolute Gasteiger partial charge is 0.396 e. The number of anilines is 1. The first-order valence-corrected chi connectivity index (χ1v) is 14.4. The molecule has 2 heterocycles. The van der Waals surface area contributed by atoms with Crippen LogP contribution >= 0.6 is 22.6 Å². The SMILES string of the molecule is C[C@H]1[C@H]([Si](C)(C)F)[C@@H](CCO)O[C@]12C(=O)N(Cc1ccccc1)c1ccc(I)cc12. The van der Waals surface area contributed by atoms with E-state index in [0.717, 1.165) is 20.4 Å². The normalized spacial score (nSPS) is 28.4. The van der Waals surface area contributed by atoms with Crippen LogP contribution in [-0.4, -0.2) is 32.1 Å². The van der Waals surface area contributed by atoms with E-state index in [1.54, 1.807) is 18.0 Å². The van der Waals surface area contributed by atoms with Crippen LogP contribution < -0.4 is 4.90 Å². The Kier molecular flexibility index (Phi) is 5.84. The molecule has 1 spiro atoms. The number of amides is 1. The first-order valence-electron chi connectivity index (χ1n) is 10.3. The lowest BCUT2D eigenvalue weighted by Crippen LogP contribution is -2.45. The lowest BCUT2D eigenvalue weighted by atomic mass is 9.82. The van der Waals surface area contributed by atoms with Gasteiger partial charge in [-0.25, -0.2) is 0 Å². The zero-order valence-corrected chi connectivity index (χ0v) is 20.6. The molecule has 0 unspecified atom stereocenters. The molecule has 1 N–H and O–H groups in total. The number of halogens is 2. The predicted molar refractivity (Wildman–Crippen MR) is 127 cm³/mol. The zero-order chi connectivity index (χ0) is 21.7. The third-order valence-electron chi connectivity index (χ3n) is 6.52. The van der Waals surface area contributed by atoms with Gasteiger partial charge in [0.25, 0.3) is 5.91 Å². The van der Waals surface area contributed by atoms with E-state index in [4.69, 9.17) is 4.74 Å². The fourth-order valence-corrected chi connectivity index (χ4v) is 8.37. The number of ether oxygens (including phenoxy) is 1. The van der Waals surface area contributed by atoms with Gasteiger partial charge in [0, 0.05) is 27.2 Å². The Labute approximate surface area is 191 Å². The molecule has 4 nitrogen and oxygen atoms in total. The Bertz CT molecular complexity index is 951. The monoisotopic (exact) mass is 539 g/mol. The summed E-state index contributed by atoms with van der Waals surface area (Å²) in [7, 11) is -3.15. The molecule has 2 aliphatic heterocycles. The van der Waals surface area contributed by atoms with Crippen LogP contribution in [0.5, 0.6) is 0 Å². The summed E-state index contributed by atoms with van der Waals surface area (Å²) in [6.07, 6.45) is -0.134. The number of aliphatic hydroxyl groups is 1. The van der Waals surface area contributed by atoms with Gasteiger partial charge in [0.05, 0.1) is 18.3 Å². The smallest absolute Gasteiger partial charge is 0.264 e. The standard InChI is InChI=1S/C23H27FINO3Si/c1-15-21(30(2,3)24)20(11-12-27)29-23(15)18-13-17(25)9-10-19(18)26(22(23)28)14-16-7-5-4-6-8-16/h4-10,13,15,20-21,27H,11-12,14H2,1-3H3/t15-,20+,21-,23+/m0/s1. The number of nitrogens with zero attached hydrogens (tertiary/aromatic N) is 1. The van der Waals surface area contributed by atoms with Crippen LogP contribution in [0.1, 0.15) is 24.5 Å². The Balaban J connectivity index is 1.83. The van der Waals surface area contributed by atoms with Gasteiger partial charge >= 0.3 is 0 Å². The summed E-state index contributed by atoms with van der Waals surface area (Å²) in [5.41, 5.74) is 1.12. The molecule has 4 rings (SSSR count). The fraction of sp³-hybridized carbons (Fsp3) is 0.435. The van der Waals surface area contributed by atoms with Crippen molar-refractivity contribution in [3.05, 3.63) is 63.2 Å². The predicted octanol–water partition coefficient (Wildman–Crippen LogP) is 5.00. The molecule has 30 heavy (non-hydrogen) atoms. The van der Waals surface area contributed by atoms with E-state index >= 15 is 4.11 Å². The fourth-order valence-electron chi connectivity index (χ4n) is 5.34. The highest BCUT2D eigenvalue weighted by Crippen LogP contribution is 2.60. The van der Waals surface area contributed by atoms with Gasteiger partial charge in [-0.3, -0.25) is 4.79 Å². The number of hydrogen-bond acceptors (Lipinski definition) is 3. The maximum absolute atomic E-state index is 15.4. The molecule has 1 amide bonds. The molecule has 0 saturated carbocycles. The van der Waals surface area contributed by atoms with Crippen LogP contribution in [0.3, 0.4) is 0 Å². The molecule has 0 bridgehead atoms. The molecule has 1 fully saturated rings. The van der Waals surface area contributed by atoms with Crippen LogP contribution in [0.15, 0.2) is 48.5 Å². The highest BCUT2D eigenvalue weighted by molar-refractivity contribution is 14.1. The highest BCUT2D eigenvalue weighted by atomic mass is 127. The summed E-state index contributed by atoms with van der Waals surface area (Å²) in [6, 6.07) is 15.8. The van der Waals surface area contributed by atoms with Gasteiger partial charge in [0.1, 0.15) is 0 Å². The third-order valence-corrected chi connectivity index (χ3v) is 9.65.